The minimum atomic E-state index is -0.327. The van der Waals surface area contributed by atoms with Crippen LogP contribution in [-0.2, 0) is 34.5 Å². The summed E-state index contributed by atoms with van der Waals surface area (Å²) in [6.07, 6.45) is 7.16. The number of imidazole rings is 1. The largest absolute Gasteiger partial charge is 0.384 e. The first-order valence-corrected chi connectivity index (χ1v) is 7.75. The highest BCUT2D eigenvalue weighted by Gasteiger charge is 2.37. The number of ether oxygens (including phenoxy) is 2. The lowest BCUT2D eigenvalue weighted by molar-refractivity contribution is 0.00559. The van der Waals surface area contributed by atoms with Gasteiger partial charge in [0.2, 0.25) is 0 Å². The average molecular weight is 305 g/mol. The van der Waals surface area contributed by atoms with Crippen LogP contribution in [0.5, 0.6) is 0 Å². The van der Waals surface area contributed by atoms with Gasteiger partial charge in [-0.2, -0.15) is 5.10 Å². The minimum Gasteiger partial charge on any atom is -0.384 e. The maximum absolute atomic E-state index is 5.95. The Hall–Kier alpha value is -1.73. The van der Waals surface area contributed by atoms with E-state index < -0.39 is 0 Å². The van der Waals surface area contributed by atoms with Gasteiger partial charge in [-0.05, 0) is 19.8 Å². The highest BCUT2D eigenvalue weighted by Crippen LogP contribution is 2.34. The summed E-state index contributed by atoms with van der Waals surface area (Å²) in [6, 6.07) is 0. The molecule has 1 aliphatic heterocycles. The quantitative estimate of drug-likeness (QED) is 0.838. The Morgan fingerprint density at radius 2 is 2.36 bits per heavy atom. The highest BCUT2D eigenvalue weighted by atomic mass is 16.5. The molecule has 0 saturated carbocycles. The summed E-state index contributed by atoms with van der Waals surface area (Å²) in [5, 5.41) is 4.65. The number of aromatic nitrogens is 5. The third kappa shape index (κ3) is 3.20. The van der Waals surface area contributed by atoms with E-state index in [1.54, 1.807) is 13.4 Å². The van der Waals surface area contributed by atoms with Crippen LogP contribution in [-0.4, -0.2) is 45.1 Å². The van der Waals surface area contributed by atoms with E-state index in [2.05, 4.69) is 22.0 Å². The topological polar surface area (TPSA) is 77.9 Å². The zero-order chi connectivity index (χ0) is 15.4. The van der Waals surface area contributed by atoms with Gasteiger partial charge in [-0.25, -0.2) is 14.6 Å². The van der Waals surface area contributed by atoms with Gasteiger partial charge in [0.05, 0.1) is 12.9 Å². The van der Waals surface area contributed by atoms with Crippen molar-refractivity contribution in [2.24, 2.45) is 0 Å². The maximum atomic E-state index is 5.95. The average Bonchev–Trinajstić information content (AvgIpc) is 3.24. The molecule has 1 aliphatic rings. The summed E-state index contributed by atoms with van der Waals surface area (Å²) in [6.45, 7) is 4.28. The van der Waals surface area contributed by atoms with Crippen LogP contribution in [0, 0.1) is 0 Å². The van der Waals surface area contributed by atoms with Crippen molar-refractivity contribution in [1.29, 1.82) is 0 Å². The van der Waals surface area contributed by atoms with E-state index in [0.29, 0.717) is 6.61 Å². The summed E-state index contributed by atoms with van der Waals surface area (Å²) < 4.78 is 13.1. The van der Waals surface area contributed by atoms with E-state index >= 15 is 0 Å². The van der Waals surface area contributed by atoms with Gasteiger partial charge in [-0.15, -0.1) is 0 Å². The van der Waals surface area contributed by atoms with Crippen LogP contribution >= 0.6 is 0 Å². The Balaban J connectivity index is 1.80. The van der Waals surface area contributed by atoms with Crippen molar-refractivity contribution < 1.29 is 9.47 Å². The Morgan fingerprint density at radius 1 is 1.45 bits per heavy atom. The molecule has 2 aromatic rings. The molecule has 0 spiro atoms. The fourth-order valence-corrected chi connectivity index (χ4v) is 2.84. The van der Waals surface area contributed by atoms with E-state index in [4.69, 9.17) is 14.5 Å². The fraction of sp³-hybridized carbons (Fsp3) is 0.667. The standard InChI is InChI=1S/C15H23N5O2/c1-15(6-3-8-22-15)14-18-13(5-9-21-2)19-20(14)7-4-12-10-16-11-17-12/h10-11H,3-9H2,1-2H3,(H,16,17)/t15-/m1/s1. The van der Waals surface area contributed by atoms with Crippen molar-refractivity contribution in [3.63, 3.8) is 0 Å². The first-order chi connectivity index (χ1) is 10.7. The normalized spacial score (nSPS) is 21.5. The zero-order valence-electron chi connectivity index (χ0n) is 13.2. The van der Waals surface area contributed by atoms with Gasteiger partial charge in [0.25, 0.3) is 0 Å². The second kappa shape index (κ2) is 6.58. The number of H-pyrrole nitrogens is 1. The van der Waals surface area contributed by atoms with Gasteiger partial charge in [0.15, 0.2) is 11.6 Å². The third-order valence-corrected chi connectivity index (χ3v) is 4.08. The van der Waals surface area contributed by atoms with Crippen molar-refractivity contribution in [3.8, 4) is 0 Å². The minimum absolute atomic E-state index is 0.327. The summed E-state index contributed by atoms with van der Waals surface area (Å²) >= 11 is 0. The maximum Gasteiger partial charge on any atom is 0.159 e. The van der Waals surface area contributed by atoms with Crippen LogP contribution in [0.4, 0.5) is 0 Å². The molecule has 1 fully saturated rings. The first-order valence-electron chi connectivity index (χ1n) is 7.75. The molecule has 22 heavy (non-hydrogen) atoms. The number of nitrogens with one attached hydrogen (secondary N) is 1. The molecule has 7 heteroatoms. The summed E-state index contributed by atoms with van der Waals surface area (Å²) in [5.41, 5.74) is 0.768. The molecule has 7 nitrogen and oxygen atoms in total. The molecular formula is C15H23N5O2. The van der Waals surface area contributed by atoms with Gasteiger partial charge in [0.1, 0.15) is 5.60 Å². The van der Waals surface area contributed by atoms with Crippen molar-refractivity contribution in [1.82, 2.24) is 24.7 Å². The van der Waals surface area contributed by atoms with Gasteiger partial charge >= 0.3 is 0 Å². The number of rotatable bonds is 7. The summed E-state index contributed by atoms with van der Waals surface area (Å²) in [4.78, 5) is 11.9. The van der Waals surface area contributed by atoms with Crippen molar-refractivity contribution >= 4 is 0 Å². The molecule has 1 atom stereocenters. The lowest BCUT2D eigenvalue weighted by atomic mass is 10.0. The van der Waals surface area contributed by atoms with Crippen LogP contribution in [0.2, 0.25) is 0 Å². The molecule has 0 radical (unpaired) electrons. The third-order valence-electron chi connectivity index (χ3n) is 4.08. The predicted molar refractivity (Wildman–Crippen MR) is 80.4 cm³/mol. The molecule has 2 aromatic heterocycles. The molecule has 0 unspecified atom stereocenters. The molecule has 3 rings (SSSR count). The van der Waals surface area contributed by atoms with Gasteiger partial charge < -0.3 is 14.5 Å². The molecule has 0 aromatic carbocycles. The van der Waals surface area contributed by atoms with Crippen molar-refractivity contribution in [3.05, 3.63) is 29.9 Å². The Bertz CT molecular complexity index is 587. The van der Waals surface area contributed by atoms with E-state index in [9.17, 15) is 0 Å². The van der Waals surface area contributed by atoms with Crippen LogP contribution in [0.15, 0.2) is 12.5 Å². The number of methoxy groups -OCH3 is 1. The Kier molecular flexibility index (Phi) is 4.54. The van der Waals surface area contributed by atoms with E-state index in [-0.39, 0.29) is 5.60 Å². The van der Waals surface area contributed by atoms with Crippen molar-refractivity contribution in [2.45, 2.75) is 44.8 Å². The first kappa shape index (κ1) is 15.2. The lowest BCUT2D eigenvalue weighted by Crippen LogP contribution is -2.26. The molecule has 1 saturated heterocycles. The number of hydrogen-bond donors (Lipinski definition) is 1. The van der Waals surface area contributed by atoms with E-state index in [0.717, 1.165) is 56.2 Å². The number of aromatic amines is 1. The molecule has 0 aliphatic carbocycles. The predicted octanol–water partition coefficient (Wildman–Crippen LogP) is 1.46. The number of nitrogens with zero attached hydrogens (tertiary/aromatic N) is 4. The lowest BCUT2D eigenvalue weighted by Gasteiger charge is -2.22. The molecule has 0 amide bonds. The fourth-order valence-electron chi connectivity index (χ4n) is 2.84. The van der Waals surface area contributed by atoms with Crippen LogP contribution in [0.25, 0.3) is 0 Å². The van der Waals surface area contributed by atoms with Crippen LogP contribution in [0.3, 0.4) is 0 Å². The van der Waals surface area contributed by atoms with Crippen LogP contribution < -0.4 is 0 Å². The Labute approximate surface area is 130 Å². The van der Waals surface area contributed by atoms with Crippen LogP contribution in [0.1, 0.15) is 37.1 Å². The summed E-state index contributed by atoms with van der Waals surface area (Å²) in [7, 11) is 1.69. The molecular weight excluding hydrogens is 282 g/mol. The molecule has 3 heterocycles. The molecule has 0 bridgehead atoms. The van der Waals surface area contributed by atoms with Gasteiger partial charge in [-0.1, -0.05) is 0 Å². The zero-order valence-corrected chi connectivity index (χ0v) is 13.2. The van der Waals surface area contributed by atoms with E-state index in [1.165, 1.54) is 0 Å². The second-order valence-corrected chi connectivity index (χ2v) is 5.83. The number of aryl methyl sites for hydroxylation is 2. The highest BCUT2D eigenvalue weighted by molar-refractivity contribution is 5.07. The SMILES string of the molecule is COCCc1nc([C@@]2(C)CCCO2)n(CCc2cnc[nH]2)n1. The Morgan fingerprint density at radius 3 is 3.05 bits per heavy atom. The smallest absolute Gasteiger partial charge is 0.159 e. The van der Waals surface area contributed by atoms with Gasteiger partial charge in [-0.3, -0.25) is 0 Å². The summed E-state index contributed by atoms with van der Waals surface area (Å²) in [5.74, 6) is 1.74. The van der Waals surface area contributed by atoms with E-state index in [1.807, 2.05) is 10.9 Å². The number of hydrogen-bond acceptors (Lipinski definition) is 5. The monoisotopic (exact) mass is 305 g/mol. The second-order valence-electron chi connectivity index (χ2n) is 5.83. The van der Waals surface area contributed by atoms with Gasteiger partial charge in [0, 0.05) is 45.0 Å². The molecule has 120 valence electrons. The van der Waals surface area contributed by atoms with Crippen molar-refractivity contribution in [2.75, 3.05) is 20.3 Å². The molecule has 1 N–H and O–H groups in total.